The first kappa shape index (κ1) is 14.0. The van der Waals surface area contributed by atoms with Crippen LogP contribution in [0.25, 0.3) is 0 Å². The molecule has 1 saturated carbocycles. The topological polar surface area (TPSA) is 29.5 Å². The van der Waals surface area contributed by atoms with E-state index < -0.39 is 0 Å². The largest absolute Gasteiger partial charge is 0.380 e. The number of nitrogens with zero attached hydrogens (tertiary/aromatic N) is 1. The van der Waals surface area contributed by atoms with Gasteiger partial charge >= 0.3 is 0 Å². The molecule has 3 heteroatoms. The number of ether oxygens (including phenoxy) is 1. The normalized spacial score (nSPS) is 28.9. The van der Waals surface area contributed by atoms with Gasteiger partial charge in [0.25, 0.3) is 0 Å². The Kier molecular flexibility index (Phi) is 4.79. The van der Waals surface area contributed by atoms with Crippen LogP contribution in [0.2, 0.25) is 0 Å². The Balaban J connectivity index is 1.91. The van der Waals surface area contributed by atoms with E-state index in [0.717, 1.165) is 50.8 Å². The summed E-state index contributed by atoms with van der Waals surface area (Å²) in [5.41, 5.74) is -0.224. The third-order valence-electron chi connectivity index (χ3n) is 4.18. The summed E-state index contributed by atoms with van der Waals surface area (Å²) in [6, 6.07) is 0.738. The maximum absolute atomic E-state index is 11.5. The highest BCUT2D eigenvalue weighted by atomic mass is 16.5. The van der Waals surface area contributed by atoms with Gasteiger partial charge < -0.3 is 9.53 Å². The molecule has 1 heterocycles. The van der Waals surface area contributed by atoms with Crippen LogP contribution in [0.1, 0.15) is 46.0 Å². The number of rotatable bonds is 7. The lowest BCUT2D eigenvalue weighted by Crippen LogP contribution is -2.45. The number of carbonyl (C=O) groups is 1. The summed E-state index contributed by atoms with van der Waals surface area (Å²) in [5, 5.41) is 0. The molecule has 1 atom stereocenters. The molecule has 1 unspecified atom stereocenters. The molecule has 104 valence electrons. The average molecular weight is 253 g/mol. The van der Waals surface area contributed by atoms with E-state index in [9.17, 15) is 4.79 Å². The molecule has 0 radical (unpaired) electrons. The van der Waals surface area contributed by atoms with Gasteiger partial charge in [-0.15, -0.1) is 0 Å². The van der Waals surface area contributed by atoms with Gasteiger partial charge in [0.15, 0.2) is 0 Å². The Hall–Kier alpha value is -0.410. The molecule has 0 aromatic carbocycles. The van der Waals surface area contributed by atoms with Gasteiger partial charge in [0.1, 0.15) is 6.29 Å². The summed E-state index contributed by atoms with van der Waals surface area (Å²) < 4.78 is 5.55. The molecule has 0 amide bonds. The molecule has 0 aromatic heterocycles. The van der Waals surface area contributed by atoms with Crippen LogP contribution in [-0.2, 0) is 9.53 Å². The minimum absolute atomic E-state index is 0.224. The van der Waals surface area contributed by atoms with Gasteiger partial charge in [-0.05, 0) is 44.6 Å². The van der Waals surface area contributed by atoms with Gasteiger partial charge in [-0.1, -0.05) is 13.8 Å². The van der Waals surface area contributed by atoms with Gasteiger partial charge in [-0.2, -0.15) is 0 Å². The highest BCUT2D eigenvalue weighted by molar-refractivity contribution is 5.60. The Morgan fingerprint density at radius 3 is 2.72 bits per heavy atom. The summed E-state index contributed by atoms with van der Waals surface area (Å²) in [5.74, 6) is 0.737. The smallest absolute Gasteiger partial charge is 0.129 e. The first-order valence-electron chi connectivity index (χ1n) is 7.43. The molecule has 1 aliphatic heterocycles. The second-order valence-corrected chi connectivity index (χ2v) is 6.52. The minimum atomic E-state index is -0.224. The Bertz CT molecular complexity index is 268. The zero-order valence-corrected chi connectivity index (χ0v) is 11.9. The summed E-state index contributed by atoms with van der Waals surface area (Å²) in [4.78, 5) is 14.0. The standard InChI is InChI=1S/C15H27NO2/c1-13(2)6-8-16(14-4-5-14)10-15(11-17)7-3-9-18-12-15/h11,13-14H,3-10,12H2,1-2H3. The lowest BCUT2D eigenvalue weighted by atomic mass is 9.83. The Labute approximate surface area is 111 Å². The van der Waals surface area contributed by atoms with Crippen molar-refractivity contribution < 1.29 is 9.53 Å². The SMILES string of the molecule is CC(C)CCN(CC1(C=O)CCCOC1)C1CC1. The highest BCUT2D eigenvalue weighted by Crippen LogP contribution is 2.33. The van der Waals surface area contributed by atoms with Crippen molar-refractivity contribution in [3.05, 3.63) is 0 Å². The van der Waals surface area contributed by atoms with Crippen molar-refractivity contribution in [2.75, 3.05) is 26.3 Å². The maximum Gasteiger partial charge on any atom is 0.129 e. The van der Waals surface area contributed by atoms with Gasteiger partial charge in [0.05, 0.1) is 12.0 Å². The minimum Gasteiger partial charge on any atom is -0.380 e. The summed E-state index contributed by atoms with van der Waals surface area (Å²) >= 11 is 0. The van der Waals surface area contributed by atoms with Gasteiger partial charge in [-0.25, -0.2) is 0 Å². The second-order valence-electron chi connectivity index (χ2n) is 6.52. The molecule has 2 rings (SSSR count). The third kappa shape index (κ3) is 3.79. The Morgan fingerprint density at radius 2 is 2.22 bits per heavy atom. The highest BCUT2D eigenvalue weighted by Gasteiger charge is 2.38. The molecule has 1 saturated heterocycles. The average Bonchev–Trinajstić information content (AvgIpc) is 3.20. The predicted molar refractivity (Wildman–Crippen MR) is 72.6 cm³/mol. The van der Waals surface area contributed by atoms with Crippen LogP contribution in [0.5, 0.6) is 0 Å². The van der Waals surface area contributed by atoms with Crippen molar-refractivity contribution in [2.45, 2.75) is 52.0 Å². The number of carbonyl (C=O) groups excluding carboxylic acids is 1. The van der Waals surface area contributed by atoms with E-state index in [2.05, 4.69) is 18.7 Å². The summed E-state index contributed by atoms with van der Waals surface area (Å²) in [7, 11) is 0. The van der Waals surface area contributed by atoms with Crippen molar-refractivity contribution in [2.24, 2.45) is 11.3 Å². The van der Waals surface area contributed by atoms with Crippen LogP contribution in [0.15, 0.2) is 0 Å². The fourth-order valence-corrected chi connectivity index (χ4v) is 2.79. The van der Waals surface area contributed by atoms with Gasteiger partial charge in [0.2, 0.25) is 0 Å². The summed E-state index contributed by atoms with van der Waals surface area (Å²) in [6.45, 7) is 8.03. The van der Waals surface area contributed by atoms with E-state index in [1.165, 1.54) is 19.3 Å². The zero-order chi connectivity index (χ0) is 13.0. The predicted octanol–water partition coefficient (Wildman–Crippen LogP) is 2.49. The molecule has 2 aliphatic rings. The van der Waals surface area contributed by atoms with Crippen molar-refractivity contribution >= 4 is 6.29 Å². The van der Waals surface area contributed by atoms with Crippen LogP contribution < -0.4 is 0 Å². The number of hydrogen-bond acceptors (Lipinski definition) is 3. The van der Waals surface area contributed by atoms with Gasteiger partial charge in [-0.3, -0.25) is 4.90 Å². The molecule has 0 spiro atoms. The summed E-state index contributed by atoms with van der Waals surface area (Å²) in [6.07, 6.45) is 7.05. The second kappa shape index (κ2) is 6.16. The maximum atomic E-state index is 11.5. The lowest BCUT2D eigenvalue weighted by molar-refractivity contribution is -0.125. The van der Waals surface area contributed by atoms with E-state index >= 15 is 0 Å². The van der Waals surface area contributed by atoms with Crippen LogP contribution in [0.4, 0.5) is 0 Å². The van der Waals surface area contributed by atoms with E-state index in [1.54, 1.807) is 0 Å². The van der Waals surface area contributed by atoms with E-state index in [0.29, 0.717) is 6.61 Å². The molecule has 0 bridgehead atoms. The molecule has 0 N–H and O–H groups in total. The number of aldehydes is 1. The molecule has 0 aromatic rings. The fraction of sp³-hybridized carbons (Fsp3) is 0.933. The van der Waals surface area contributed by atoms with Gasteiger partial charge in [0, 0.05) is 19.2 Å². The third-order valence-corrected chi connectivity index (χ3v) is 4.18. The van der Waals surface area contributed by atoms with E-state index in [1.807, 2.05) is 0 Å². The molecular formula is C15H27NO2. The Morgan fingerprint density at radius 1 is 1.44 bits per heavy atom. The van der Waals surface area contributed by atoms with E-state index in [4.69, 9.17) is 4.74 Å². The van der Waals surface area contributed by atoms with Crippen LogP contribution in [0.3, 0.4) is 0 Å². The van der Waals surface area contributed by atoms with Crippen LogP contribution in [0, 0.1) is 11.3 Å². The monoisotopic (exact) mass is 253 g/mol. The van der Waals surface area contributed by atoms with Crippen molar-refractivity contribution in [3.8, 4) is 0 Å². The first-order valence-corrected chi connectivity index (χ1v) is 7.43. The van der Waals surface area contributed by atoms with Crippen molar-refractivity contribution in [1.29, 1.82) is 0 Å². The quantitative estimate of drug-likeness (QED) is 0.653. The van der Waals surface area contributed by atoms with Crippen LogP contribution >= 0.6 is 0 Å². The number of hydrogen-bond donors (Lipinski definition) is 0. The molecule has 18 heavy (non-hydrogen) atoms. The molecule has 2 fully saturated rings. The fourth-order valence-electron chi connectivity index (χ4n) is 2.79. The molecular weight excluding hydrogens is 226 g/mol. The van der Waals surface area contributed by atoms with Crippen molar-refractivity contribution in [1.82, 2.24) is 4.90 Å². The first-order chi connectivity index (χ1) is 8.65. The van der Waals surface area contributed by atoms with Crippen molar-refractivity contribution in [3.63, 3.8) is 0 Å². The zero-order valence-electron chi connectivity index (χ0n) is 11.9. The lowest BCUT2D eigenvalue weighted by Gasteiger charge is -2.37. The van der Waals surface area contributed by atoms with E-state index in [-0.39, 0.29) is 5.41 Å². The van der Waals surface area contributed by atoms with Crippen LogP contribution in [-0.4, -0.2) is 43.5 Å². The molecule has 3 nitrogen and oxygen atoms in total. The molecule has 1 aliphatic carbocycles.